The van der Waals surface area contributed by atoms with Crippen LogP contribution in [-0.4, -0.2) is 10.9 Å². The Morgan fingerprint density at radius 2 is 2.15 bits per heavy atom. The minimum Gasteiger partial charge on any atom is -0.397 e. The molecule has 4 nitrogen and oxygen atoms in total. The second-order valence-corrected chi connectivity index (χ2v) is 8.58. The van der Waals surface area contributed by atoms with Crippen LogP contribution >= 0.6 is 11.3 Å². The number of hydrogen-bond donors (Lipinski definition) is 2. The largest absolute Gasteiger partial charge is 0.397 e. The molecule has 3 aromatic rings. The average molecular weight is 380 g/mol. The van der Waals surface area contributed by atoms with Crippen LogP contribution in [0.15, 0.2) is 24.3 Å². The van der Waals surface area contributed by atoms with Gasteiger partial charge in [0.1, 0.15) is 9.71 Å². The smallest absolute Gasteiger partial charge is 0.267 e. The molecule has 0 bridgehead atoms. The van der Waals surface area contributed by atoms with Crippen molar-refractivity contribution in [2.75, 3.05) is 11.1 Å². The normalized spacial score (nSPS) is 16.3. The standard InChI is InChI=1S/C22H25N3OS/c1-4-14-6-8-18-15(10-14)11-16-19(23)20(27-22(16)25-18)21(26)24-17-7-5-12(2)9-13(17)3/h5,7,9,11,14H,4,6,8,10,23H2,1-3H3,(H,24,26)/t14-/m1/s1. The number of thiophene rings is 1. The van der Waals surface area contributed by atoms with Crippen molar-refractivity contribution in [1.29, 1.82) is 0 Å². The first-order valence-electron chi connectivity index (χ1n) is 9.55. The van der Waals surface area contributed by atoms with E-state index in [1.54, 1.807) is 0 Å². The zero-order valence-corrected chi connectivity index (χ0v) is 16.9. The molecule has 0 saturated heterocycles. The van der Waals surface area contributed by atoms with Gasteiger partial charge in [-0.1, -0.05) is 31.0 Å². The summed E-state index contributed by atoms with van der Waals surface area (Å²) in [6.07, 6.45) is 4.48. The zero-order valence-electron chi connectivity index (χ0n) is 16.1. The Morgan fingerprint density at radius 3 is 2.89 bits per heavy atom. The number of nitrogens with zero attached hydrogens (tertiary/aromatic N) is 1. The molecule has 0 aliphatic heterocycles. The van der Waals surface area contributed by atoms with Gasteiger partial charge in [0, 0.05) is 16.8 Å². The number of carbonyl (C=O) groups excluding carboxylic acids is 1. The van der Waals surface area contributed by atoms with E-state index in [0.717, 1.165) is 40.2 Å². The minimum absolute atomic E-state index is 0.160. The number of rotatable bonds is 3. The highest BCUT2D eigenvalue weighted by Gasteiger charge is 2.23. The number of hydrogen-bond acceptors (Lipinski definition) is 4. The Morgan fingerprint density at radius 1 is 1.33 bits per heavy atom. The van der Waals surface area contributed by atoms with E-state index in [2.05, 4.69) is 24.4 Å². The van der Waals surface area contributed by atoms with E-state index in [-0.39, 0.29) is 5.91 Å². The molecule has 27 heavy (non-hydrogen) atoms. The molecule has 0 fully saturated rings. The summed E-state index contributed by atoms with van der Waals surface area (Å²) in [7, 11) is 0. The summed E-state index contributed by atoms with van der Waals surface area (Å²) in [6.45, 7) is 6.28. The van der Waals surface area contributed by atoms with Gasteiger partial charge in [0.05, 0.1) is 5.69 Å². The number of fused-ring (bicyclic) bond motifs is 2. The monoisotopic (exact) mass is 379 g/mol. The SMILES string of the molecule is CC[C@@H]1CCc2nc3sc(C(=O)Nc4ccc(C)cc4C)c(N)c3cc2C1. The second-order valence-electron chi connectivity index (χ2n) is 7.58. The van der Waals surface area contributed by atoms with Gasteiger partial charge in [-0.25, -0.2) is 4.98 Å². The van der Waals surface area contributed by atoms with Crippen molar-refractivity contribution in [2.24, 2.45) is 5.92 Å². The third kappa shape index (κ3) is 3.32. The highest BCUT2D eigenvalue weighted by Crippen LogP contribution is 2.37. The Kier molecular flexibility index (Phi) is 4.64. The van der Waals surface area contributed by atoms with Crippen LogP contribution in [0.3, 0.4) is 0 Å². The van der Waals surface area contributed by atoms with Gasteiger partial charge in [-0.3, -0.25) is 4.79 Å². The fraction of sp³-hybridized carbons (Fsp3) is 0.364. The molecule has 1 amide bonds. The molecule has 4 rings (SSSR count). The van der Waals surface area contributed by atoms with Gasteiger partial charge in [-0.05, 0) is 62.3 Å². The van der Waals surface area contributed by atoms with Gasteiger partial charge >= 0.3 is 0 Å². The lowest BCUT2D eigenvalue weighted by Gasteiger charge is -2.22. The van der Waals surface area contributed by atoms with E-state index < -0.39 is 0 Å². The zero-order chi connectivity index (χ0) is 19.1. The van der Waals surface area contributed by atoms with E-state index in [1.807, 2.05) is 26.0 Å². The fourth-order valence-electron chi connectivity index (χ4n) is 3.92. The third-order valence-electron chi connectivity index (χ3n) is 5.60. The summed E-state index contributed by atoms with van der Waals surface area (Å²) in [5, 5.41) is 3.92. The number of nitrogens with one attached hydrogen (secondary N) is 1. The molecule has 1 atom stereocenters. The first kappa shape index (κ1) is 18.0. The summed E-state index contributed by atoms with van der Waals surface area (Å²) in [6, 6.07) is 8.16. The van der Waals surface area contributed by atoms with Crippen LogP contribution in [0.5, 0.6) is 0 Å². The van der Waals surface area contributed by atoms with Crippen LogP contribution in [-0.2, 0) is 12.8 Å². The van der Waals surface area contributed by atoms with E-state index in [1.165, 1.54) is 41.0 Å². The van der Waals surface area contributed by atoms with Crippen LogP contribution in [0.2, 0.25) is 0 Å². The quantitative estimate of drug-likeness (QED) is 0.652. The first-order chi connectivity index (χ1) is 13.0. The fourth-order valence-corrected chi connectivity index (χ4v) is 4.91. The number of nitrogens with two attached hydrogens (primary N) is 1. The minimum atomic E-state index is -0.160. The van der Waals surface area contributed by atoms with E-state index in [4.69, 9.17) is 10.7 Å². The van der Waals surface area contributed by atoms with Gasteiger partial charge in [0.25, 0.3) is 5.91 Å². The molecule has 1 aliphatic carbocycles. The number of anilines is 2. The van der Waals surface area contributed by atoms with Crippen molar-refractivity contribution >= 4 is 38.8 Å². The maximum atomic E-state index is 12.9. The molecule has 1 aromatic carbocycles. The summed E-state index contributed by atoms with van der Waals surface area (Å²) in [5.74, 6) is 0.566. The van der Waals surface area contributed by atoms with Crippen LogP contribution < -0.4 is 11.1 Å². The maximum absolute atomic E-state index is 12.9. The summed E-state index contributed by atoms with van der Waals surface area (Å²) in [5.41, 5.74) is 12.4. The summed E-state index contributed by atoms with van der Waals surface area (Å²) < 4.78 is 0. The molecule has 2 aromatic heterocycles. The predicted molar refractivity (Wildman–Crippen MR) is 114 cm³/mol. The summed E-state index contributed by atoms with van der Waals surface area (Å²) in [4.78, 5) is 19.1. The van der Waals surface area contributed by atoms with Crippen molar-refractivity contribution < 1.29 is 4.79 Å². The molecule has 0 unspecified atom stereocenters. The lowest BCUT2D eigenvalue weighted by molar-refractivity contribution is 0.103. The molecule has 3 N–H and O–H groups in total. The molecule has 0 radical (unpaired) electrons. The lowest BCUT2D eigenvalue weighted by Crippen LogP contribution is -2.14. The molecule has 1 aliphatic rings. The number of carbonyl (C=O) groups is 1. The van der Waals surface area contributed by atoms with Crippen molar-refractivity contribution in [1.82, 2.24) is 4.98 Å². The highest BCUT2D eigenvalue weighted by molar-refractivity contribution is 7.21. The van der Waals surface area contributed by atoms with Gasteiger partial charge in [-0.15, -0.1) is 11.3 Å². The molecule has 0 spiro atoms. The van der Waals surface area contributed by atoms with Crippen LogP contribution in [0.25, 0.3) is 10.2 Å². The average Bonchev–Trinajstić information content (AvgIpc) is 2.97. The molecule has 2 heterocycles. The number of aryl methyl sites for hydroxylation is 3. The van der Waals surface area contributed by atoms with Crippen LogP contribution in [0.4, 0.5) is 11.4 Å². The molecule has 140 valence electrons. The van der Waals surface area contributed by atoms with E-state index in [0.29, 0.717) is 10.6 Å². The second kappa shape index (κ2) is 6.97. The first-order valence-corrected chi connectivity index (χ1v) is 10.4. The number of pyridine rings is 1. The lowest BCUT2D eigenvalue weighted by atomic mass is 9.85. The molecular formula is C22H25N3OS. The van der Waals surface area contributed by atoms with Crippen molar-refractivity contribution in [3.8, 4) is 0 Å². The van der Waals surface area contributed by atoms with Crippen molar-refractivity contribution in [3.63, 3.8) is 0 Å². The van der Waals surface area contributed by atoms with Crippen LogP contribution in [0.1, 0.15) is 51.8 Å². The molecule has 0 saturated carbocycles. The van der Waals surface area contributed by atoms with Crippen molar-refractivity contribution in [3.05, 3.63) is 51.5 Å². The number of nitrogen functional groups attached to an aromatic ring is 1. The maximum Gasteiger partial charge on any atom is 0.267 e. The Bertz CT molecular complexity index is 1040. The van der Waals surface area contributed by atoms with E-state index >= 15 is 0 Å². The van der Waals surface area contributed by atoms with Gasteiger partial charge < -0.3 is 11.1 Å². The van der Waals surface area contributed by atoms with Crippen LogP contribution in [0, 0.1) is 19.8 Å². The number of benzene rings is 1. The molecule has 5 heteroatoms. The van der Waals surface area contributed by atoms with Crippen molar-refractivity contribution in [2.45, 2.75) is 46.5 Å². The van der Waals surface area contributed by atoms with E-state index in [9.17, 15) is 4.79 Å². The Balaban J connectivity index is 1.68. The van der Waals surface area contributed by atoms with Gasteiger partial charge in [-0.2, -0.15) is 0 Å². The van der Waals surface area contributed by atoms with Gasteiger partial charge in [0.2, 0.25) is 0 Å². The predicted octanol–water partition coefficient (Wildman–Crippen LogP) is 5.26. The van der Waals surface area contributed by atoms with Gasteiger partial charge in [0.15, 0.2) is 0 Å². The topological polar surface area (TPSA) is 68.0 Å². The highest BCUT2D eigenvalue weighted by atomic mass is 32.1. The number of aromatic nitrogens is 1. The Hall–Kier alpha value is -2.40. The Labute approximate surface area is 163 Å². The molecular weight excluding hydrogens is 354 g/mol. The third-order valence-corrected chi connectivity index (χ3v) is 6.72. The number of amides is 1. The summed E-state index contributed by atoms with van der Waals surface area (Å²) >= 11 is 1.39.